The van der Waals surface area contributed by atoms with Crippen molar-refractivity contribution >= 4 is 18.3 Å². The van der Waals surface area contributed by atoms with Gasteiger partial charge < -0.3 is 9.90 Å². The molecule has 5 heteroatoms. The van der Waals surface area contributed by atoms with Gasteiger partial charge in [-0.1, -0.05) is 18.2 Å². The molecule has 0 aliphatic rings. The smallest absolute Gasteiger partial charge is 0.328 e. The summed E-state index contributed by atoms with van der Waals surface area (Å²) in [7, 11) is 0. The molecule has 0 saturated carbocycles. The second-order valence-corrected chi connectivity index (χ2v) is 3.64. The van der Waals surface area contributed by atoms with Crippen LogP contribution in [0.1, 0.15) is 29.5 Å². The molecule has 0 unspecified atom stereocenters. The van der Waals surface area contributed by atoms with E-state index in [1.54, 1.807) is 0 Å². The lowest BCUT2D eigenvalue weighted by Crippen LogP contribution is -1.96. The summed E-state index contributed by atoms with van der Waals surface area (Å²) in [6.07, 6.45) is 0.686. The molecule has 1 aromatic rings. The van der Waals surface area contributed by atoms with E-state index in [1.165, 1.54) is 24.3 Å². The predicted molar refractivity (Wildman–Crippen MR) is 62.5 cm³/mol. The number of aldehydes is 1. The van der Waals surface area contributed by atoms with Crippen LogP contribution in [0.5, 0.6) is 0 Å². The van der Waals surface area contributed by atoms with E-state index in [0.717, 1.165) is 6.08 Å². The Morgan fingerprint density at radius 2 is 2.11 bits per heavy atom. The Labute approximate surface area is 103 Å². The van der Waals surface area contributed by atoms with E-state index in [9.17, 15) is 18.4 Å². The normalized spacial score (nSPS) is 11.1. The third kappa shape index (κ3) is 4.08. The maximum Gasteiger partial charge on any atom is 0.328 e. The van der Waals surface area contributed by atoms with Crippen molar-refractivity contribution in [3.63, 3.8) is 0 Å². The van der Waals surface area contributed by atoms with Crippen molar-refractivity contribution in [2.75, 3.05) is 0 Å². The van der Waals surface area contributed by atoms with Crippen molar-refractivity contribution in [1.82, 2.24) is 0 Å². The first kappa shape index (κ1) is 14.0. The number of carbonyl (C=O) groups is 2. The number of benzene rings is 1. The van der Waals surface area contributed by atoms with Crippen LogP contribution in [-0.4, -0.2) is 17.4 Å². The fraction of sp³-hybridized carbons (Fsp3) is 0.231. The number of aliphatic carboxylic acids is 1. The first-order valence-corrected chi connectivity index (χ1v) is 5.30. The number of carbonyl (C=O) groups excluding carboxylic acids is 1. The van der Waals surface area contributed by atoms with Crippen molar-refractivity contribution in [2.45, 2.75) is 19.3 Å². The number of carboxylic acids is 1. The number of hydrogen-bond acceptors (Lipinski definition) is 2. The summed E-state index contributed by atoms with van der Waals surface area (Å²) < 4.78 is 25.4. The van der Waals surface area contributed by atoms with Crippen molar-refractivity contribution in [1.29, 1.82) is 0 Å². The van der Waals surface area contributed by atoms with Crippen LogP contribution in [0.2, 0.25) is 0 Å². The molecule has 0 aromatic heterocycles. The van der Waals surface area contributed by atoms with Crippen LogP contribution >= 0.6 is 0 Å². The molecule has 0 heterocycles. The molecule has 1 N–H and O–H groups in total. The number of carboxylic acid groups (broad SMARTS) is 1. The summed E-state index contributed by atoms with van der Waals surface area (Å²) >= 11 is 0. The van der Waals surface area contributed by atoms with E-state index >= 15 is 0 Å². The Kier molecular flexibility index (Phi) is 5.17. The molecule has 1 rings (SSSR count). The second-order valence-electron chi connectivity index (χ2n) is 3.64. The molecule has 0 aliphatic heterocycles. The highest BCUT2D eigenvalue weighted by Gasteiger charge is 2.12. The number of aryl methyl sites for hydroxylation is 1. The van der Waals surface area contributed by atoms with Gasteiger partial charge in [-0.25, -0.2) is 13.6 Å². The lowest BCUT2D eigenvalue weighted by Gasteiger charge is -2.08. The van der Waals surface area contributed by atoms with Gasteiger partial charge in [-0.05, 0) is 23.6 Å². The highest BCUT2D eigenvalue weighted by molar-refractivity contribution is 5.85. The van der Waals surface area contributed by atoms with Gasteiger partial charge in [-0.2, -0.15) is 0 Å². The molecule has 3 nitrogen and oxygen atoms in total. The predicted octanol–water partition coefficient (Wildman–Crippen LogP) is 2.85. The minimum atomic E-state index is -2.61. The number of halogens is 2. The quantitative estimate of drug-likeness (QED) is 0.627. The SMILES string of the molecule is O=CCCc1cc(/C=C/C(=O)O)ccc1C(F)F. The molecule has 96 valence electrons. The first-order valence-electron chi connectivity index (χ1n) is 5.30. The average molecular weight is 254 g/mol. The summed E-state index contributed by atoms with van der Waals surface area (Å²) in [5.41, 5.74) is 0.761. The lowest BCUT2D eigenvalue weighted by atomic mass is 10.00. The van der Waals surface area contributed by atoms with Crippen LogP contribution in [-0.2, 0) is 16.0 Å². The van der Waals surface area contributed by atoms with Gasteiger partial charge in [0, 0.05) is 18.1 Å². The van der Waals surface area contributed by atoms with Gasteiger partial charge in [0.25, 0.3) is 6.43 Å². The first-order chi connectivity index (χ1) is 8.54. The maximum atomic E-state index is 12.7. The Morgan fingerprint density at radius 3 is 2.67 bits per heavy atom. The van der Waals surface area contributed by atoms with Crippen molar-refractivity contribution in [3.8, 4) is 0 Å². The summed E-state index contributed by atoms with van der Waals surface area (Å²) in [5, 5.41) is 8.48. The fourth-order valence-electron chi connectivity index (χ4n) is 1.54. The number of hydrogen-bond donors (Lipinski definition) is 1. The zero-order valence-corrected chi connectivity index (χ0v) is 9.48. The monoisotopic (exact) mass is 254 g/mol. The van der Waals surface area contributed by atoms with Gasteiger partial charge in [0.15, 0.2) is 0 Å². The van der Waals surface area contributed by atoms with E-state index in [0.29, 0.717) is 17.4 Å². The molecule has 0 amide bonds. The molecular weight excluding hydrogens is 242 g/mol. The van der Waals surface area contributed by atoms with Crippen molar-refractivity contribution in [3.05, 3.63) is 41.0 Å². The molecule has 0 fully saturated rings. The lowest BCUT2D eigenvalue weighted by molar-refractivity contribution is -0.131. The number of alkyl halides is 2. The zero-order valence-electron chi connectivity index (χ0n) is 9.48. The van der Waals surface area contributed by atoms with Gasteiger partial charge in [-0.15, -0.1) is 0 Å². The van der Waals surface area contributed by atoms with E-state index < -0.39 is 12.4 Å². The van der Waals surface area contributed by atoms with Gasteiger partial charge in [0.05, 0.1) is 0 Å². The molecule has 0 atom stereocenters. The van der Waals surface area contributed by atoms with Crippen LogP contribution in [0, 0.1) is 0 Å². The van der Waals surface area contributed by atoms with Crippen LogP contribution in [0.3, 0.4) is 0 Å². The largest absolute Gasteiger partial charge is 0.478 e. The van der Waals surface area contributed by atoms with Gasteiger partial charge in [0.1, 0.15) is 6.29 Å². The Hall–Kier alpha value is -2.04. The van der Waals surface area contributed by atoms with Crippen LogP contribution in [0.4, 0.5) is 8.78 Å². The Bertz CT molecular complexity index is 467. The highest BCUT2D eigenvalue weighted by Crippen LogP contribution is 2.25. The van der Waals surface area contributed by atoms with Crippen LogP contribution < -0.4 is 0 Å². The van der Waals surface area contributed by atoms with E-state index in [4.69, 9.17) is 5.11 Å². The van der Waals surface area contributed by atoms with Crippen molar-refractivity contribution < 1.29 is 23.5 Å². The maximum absolute atomic E-state index is 12.7. The Morgan fingerprint density at radius 1 is 1.39 bits per heavy atom. The number of rotatable bonds is 6. The zero-order chi connectivity index (χ0) is 13.5. The second kappa shape index (κ2) is 6.64. The molecule has 0 saturated heterocycles. The Balaban J connectivity index is 3.04. The molecule has 0 radical (unpaired) electrons. The minimum Gasteiger partial charge on any atom is -0.478 e. The molecule has 1 aromatic carbocycles. The van der Waals surface area contributed by atoms with E-state index in [-0.39, 0.29) is 18.4 Å². The van der Waals surface area contributed by atoms with E-state index in [1.807, 2.05) is 0 Å². The molecule has 0 bridgehead atoms. The summed E-state index contributed by atoms with van der Waals surface area (Å²) in [6, 6.07) is 4.15. The molecule has 0 aliphatic carbocycles. The minimum absolute atomic E-state index is 0.121. The van der Waals surface area contributed by atoms with Crippen molar-refractivity contribution in [2.24, 2.45) is 0 Å². The topological polar surface area (TPSA) is 54.4 Å². The van der Waals surface area contributed by atoms with E-state index in [2.05, 4.69) is 0 Å². The average Bonchev–Trinajstić information content (AvgIpc) is 2.33. The third-order valence-corrected chi connectivity index (χ3v) is 2.35. The van der Waals surface area contributed by atoms with Gasteiger partial charge in [0.2, 0.25) is 0 Å². The third-order valence-electron chi connectivity index (χ3n) is 2.35. The summed E-state index contributed by atoms with van der Waals surface area (Å²) in [5.74, 6) is -1.11. The standard InChI is InChI=1S/C13H12F2O3/c14-13(15)11-5-3-9(4-6-12(17)18)8-10(11)2-1-7-16/h3-8,13H,1-2H2,(H,17,18)/b6-4+. The highest BCUT2D eigenvalue weighted by atomic mass is 19.3. The fourth-order valence-corrected chi connectivity index (χ4v) is 1.54. The van der Waals surface area contributed by atoms with Gasteiger partial charge in [-0.3, -0.25) is 0 Å². The summed E-state index contributed by atoms with van der Waals surface area (Å²) in [4.78, 5) is 20.6. The van der Waals surface area contributed by atoms with Crippen LogP contribution in [0.25, 0.3) is 6.08 Å². The van der Waals surface area contributed by atoms with Crippen LogP contribution in [0.15, 0.2) is 24.3 Å². The van der Waals surface area contributed by atoms with Gasteiger partial charge >= 0.3 is 5.97 Å². The molecule has 18 heavy (non-hydrogen) atoms. The summed E-state index contributed by atoms with van der Waals surface area (Å²) in [6.45, 7) is 0. The molecule has 0 spiro atoms. The molecular formula is C13H12F2O3.